The second-order valence-electron chi connectivity index (χ2n) is 6.53. The van der Waals surface area contributed by atoms with Crippen molar-refractivity contribution in [2.45, 2.75) is 13.5 Å². The van der Waals surface area contributed by atoms with E-state index in [0.29, 0.717) is 54.9 Å². The summed E-state index contributed by atoms with van der Waals surface area (Å²) in [5.74, 6) is 1.57. The van der Waals surface area contributed by atoms with Crippen molar-refractivity contribution in [3.63, 3.8) is 0 Å². The average Bonchev–Trinajstić information content (AvgIpc) is 3.23. The van der Waals surface area contributed by atoms with E-state index >= 15 is 0 Å². The second-order valence-corrected chi connectivity index (χ2v) is 6.53. The molecule has 1 amide bonds. The SMILES string of the molecule is CCN(Cc1ccc2c(c1)OCCO2)C(=O)COC(=O)c1ccc2c(c1)OCO2. The predicted octanol–water partition coefficient (Wildman–Crippen LogP) is 2.39. The first-order valence-electron chi connectivity index (χ1n) is 9.37. The molecule has 0 saturated carbocycles. The van der Waals surface area contributed by atoms with Crippen LogP contribution in [0.25, 0.3) is 0 Å². The van der Waals surface area contributed by atoms with Gasteiger partial charge in [0, 0.05) is 13.1 Å². The molecule has 8 nitrogen and oxygen atoms in total. The molecule has 2 heterocycles. The third-order valence-corrected chi connectivity index (χ3v) is 4.65. The second kappa shape index (κ2) is 8.30. The van der Waals surface area contributed by atoms with Gasteiger partial charge in [0.25, 0.3) is 5.91 Å². The normalized spacial score (nSPS) is 13.7. The molecule has 152 valence electrons. The molecule has 0 atom stereocenters. The summed E-state index contributed by atoms with van der Waals surface area (Å²) in [7, 11) is 0. The Morgan fingerprint density at radius 1 is 0.931 bits per heavy atom. The fourth-order valence-corrected chi connectivity index (χ4v) is 3.11. The van der Waals surface area contributed by atoms with Crippen LogP contribution in [0.3, 0.4) is 0 Å². The predicted molar refractivity (Wildman–Crippen MR) is 101 cm³/mol. The highest BCUT2D eigenvalue weighted by atomic mass is 16.7. The van der Waals surface area contributed by atoms with E-state index in [2.05, 4.69) is 0 Å². The first-order valence-corrected chi connectivity index (χ1v) is 9.37. The number of carbonyl (C=O) groups excluding carboxylic acids is 2. The van der Waals surface area contributed by atoms with Crippen LogP contribution in [0.15, 0.2) is 36.4 Å². The summed E-state index contributed by atoms with van der Waals surface area (Å²) in [6, 6.07) is 10.4. The lowest BCUT2D eigenvalue weighted by Crippen LogP contribution is -2.34. The van der Waals surface area contributed by atoms with Crippen LogP contribution in [0.4, 0.5) is 0 Å². The minimum absolute atomic E-state index is 0.123. The van der Waals surface area contributed by atoms with E-state index in [1.54, 1.807) is 23.1 Å². The first-order chi connectivity index (χ1) is 14.1. The van der Waals surface area contributed by atoms with Crippen molar-refractivity contribution in [3.05, 3.63) is 47.5 Å². The van der Waals surface area contributed by atoms with Crippen molar-refractivity contribution in [2.24, 2.45) is 0 Å². The van der Waals surface area contributed by atoms with Gasteiger partial charge in [-0.25, -0.2) is 4.79 Å². The van der Waals surface area contributed by atoms with Gasteiger partial charge < -0.3 is 28.6 Å². The van der Waals surface area contributed by atoms with Crippen LogP contribution in [0.5, 0.6) is 23.0 Å². The number of hydrogen-bond acceptors (Lipinski definition) is 7. The van der Waals surface area contributed by atoms with E-state index < -0.39 is 5.97 Å². The molecule has 0 N–H and O–H groups in total. The lowest BCUT2D eigenvalue weighted by Gasteiger charge is -2.23. The smallest absolute Gasteiger partial charge is 0.338 e. The van der Waals surface area contributed by atoms with Crippen molar-refractivity contribution in [2.75, 3.05) is 33.2 Å². The minimum atomic E-state index is -0.591. The molecule has 0 radical (unpaired) electrons. The highest BCUT2D eigenvalue weighted by Crippen LogP contribution is 2.33. The van der Waals surface area contributed by atoms with Crippen LogP contribution in [0.2, 0.25) is 0 Å². The summed E-state index contributed by atoms with van der Waals surface area (Å²) >= 11 is 0. The van der Waals surface area contributed by atoms with Gasteiger partial charge in [0.05, 0.1) is 5.56 Å². The molecule has 29 heavy (non-hydrogen) atoms. The van der Waals surface area contributed by atoms with Crippen molar-refractivity contribution in [1.29, 1.82) is 0 Å². The molecule has 2 aliphatic rings. The van der Waals surface area contributed by atoms with Crippen LogP contribution in [0.1, 0.15) is 22.8 Å². The van der Waals surface area contributed by atoms with Crippen LogP contribution in [-0.4, -0.2) is 49.9 Å². The minimum Gasteiger partial charge on any atom is -0.486 e. The summed E-state index contributed by atoms with van der Waals surface area (Å²) in [5, 5.41) is 0. The Bertz CT molecular complexity index is 927. The maximum absolute atomic E-state index is 12.5. The fraction of sp³-hybridized carbons (Fsp3) is 0.333. The van der Waals surface area contributed by atoms with Gasteiger partial charge >= 0.3 is 5.97 Å². The number of esters is 1. The third-order valence-electron chi connectivity index (χ3n) is 4.65. The number of ether oxygens (including phenoxy) is 5. The van der Waals surface area contributed by atoms with Crippen LogP contribution in [-0.2, 0) is 16.1 Å². The summed E-state index contributed by atoms with van der Waals surface area (Å²) in [4.78, 5) is 26.4. The van der Waals surface area contributed by atoms with E-state index in [9.17, 15) is 9.59 Å². The van der Waals surface area contributed by atoms with Crippen molar-refractivity contribution in [1.82, 2.24) is 4.90 Å². The van der Waals surface area contributed by atoms with Gasteiger partial charge in [-0.2, -0.15) is 0 Å². The van der Waals surface area contributed by atoms with E-state index in [0.717, 1.165) is 5.56 Å². The summed E-state index contributed by atoms with van der Waals surface area (Å²) in [6.45, 7) is 3.55. The van der Waals surface area contributed by atoms with Gasteiger partial charge in [-0.3, -0.25) is 4.79 Å². The fourth-order valence-electron chi connectivity index (χ4n) is 3.11. The number of rotatable bonds is 6. The quantitative estimate of drug-likeness (QED) is 0.690. The number of carbonyl (C=O) groups is 2. The zero-order valence-corrected chi connectivity index (χ0v) is 16.0. The van der Waals surface area contributed by atoms with Crippen molar-refractivity contribution < 1.29 is 33.3 Å². The Morgan fingerprint density at radius 3 is 2.45 bits per heavy atom. The van der Waals surface area contributed by atoms with Gasteiger partial charge in [0.1, 0.15) is 13.2 Å². The molecule has 0 unspecified atom stereocenters. The lowest BCUT2D eigenvalue weighted by molar-refractivity contribution is -0.134. The van der Waals surface area contributed by atoms with Gasteiger partial charge in [-0.15, -0.1) is 0 Å². The number of amides is 1. The van der Waals surface area contributed by atoms with Gasteiger partial charge in [0.15, 0.2) is 29.6 Å². The molecule has 8 heteroatoms. The van der Waals surface area contributed by atoms with Gasteiger partial charge in [-0.1, -0.05) is 6.07 Å². The molecule has 2 aromatic carbocycles. The molecule has 4 rings (SSSR count). The molecular formula is C21H21NO7. The number of likely N-dealkylation sites (N-methyl/N-ethyl adjacent to an activating group) is 1. The summed E-state index contributed by atoms with van der Waals surface area (Å²) < 4.78 is 26.8. The van der Waals surface area contributed by atoms with Gasteiger partial charge in [-0.05, 0) is 42.8 Å². The molecular weight excluding hydrogens is 378 g/mol. The van der Waals surface area contributed by atoms with E-state index in [-0.39, 0.29) is 19.3 Å². The molecule has 0 fully saturated rings. The summed E-state index contributed by atoms with van der Waals surface area (Å²) in [6.07, 6.45) is 0. The highest BCUT2D eigenvalue weighted by Gasteiger charge is 2.20. The molecule has 0 spiro atoms. The number of fused-ring (bicyclic) bond motifs is 2. The largest absolute Gasteiger partial charge is 0.486 e. The standard InChI is InChI=1S/C21H21NO7/c1-2-22(11-14-3-5-16-18(9-14)26-8-7-25-16)20(23)12-27-21(24)15-4-6-17-19(10-15)29-13-28-17/h3-6,9-10H,2,7-8,11-13H2,1H3. The Balaban J connectivity index is 1.34. The number of hydrogen-bond donors (Lipinski definition) is 0. The maximum atomic E-state index is 12.5. The van der Waals surface area contributed by atoms with Crippen molar-refractivity contribution >= 4 is 11.9 Å². The number of benzene rings is 2. The Hall–Kier alpha value is -3.42. The van der Waals surface area contributed by atoms with E-state index in [1.807, 2.05) is 25.1 Å². The monoisotopic (exact) mass is 399 g/mol. The van der Waals surface area contributed by atoms with Crippen LogP contribution < -0.4 is 18.9 Å². The lowest BCUT2D eigenvalue weighted by atomic mass is 10.1. The zero-order chi connectivity index (χ0) is 20.2. The van der Waals surface area contributed by atoms with Crippen molar-refractivity contribution in [3.8, 4) is 23.0 Å². The van der Waals surface area contributed by atoms with Gasteiger partial charge in [0.2, 0.25) is 6.79 Å². The highest BCUT2D eigenvalue weighted by molar-refractivity contribution is 5.92. The molecule has 0 saturated heterocycles. The van der Waals surface area contributed by atoms with Crippen LogP contribution >= 0.6 is 0 Å². The molecule has 0 aliphatic carbocycles. The molecule has 0 bridgehead atoms. The Kier molecular flexibility index (Phi) is 5.41. The average molecular weight is 399 g/mol. The topological polar surface area (TPSA) is 83.5 Å². The molecule has 0 aromatic heterocycles. The Morgan fingerprint density at radius 2 is 1.62 bits per heavy atom. The van der Waals surface area contributed by atoms with E-state index in [1.165, 1.54) is 0 Å². The number of nitrogens with zero attached hydrogens (tertiary/aromatic N) is 1. The molecule has 2 aromatic rings. The van der Waals surface area contributed by atoms with E-state index in [4.69, 9.17) is 23.7 Å². The maximum Gasteiger partial charge on any atom is 0.338 e. The summed E-state index contributed by atoms with van der Waals surface area (Å²) in [5.41, 5.74) is 1.21. The first kappa shape index (κ1) is 18.9. The third kappa shape index (κ3) is 4.21. The van der Waals surface area contributed by atoms with Crippen LogP contribution in [0, 0.1) is 0 Å². The zero-order valence-electron chi connectivity index (χ0n) is 16.0. The Labute approximate surface area is 167 Å². The molecule has 2 aliphatic heterocycles.